The van der Waals surface area contributed by atoms with Crippen LogP contribution in [-0.4, -0.2) is 4.21 Å². The summed E-state index contributed by atoms with van der Waals surface area (Å²) in [5.41, 5.74) is 0. The maximum absolute atomic E-state index is 8.38. The van der Waals surface area contributed by atoms with E-state index in [1.807, 2.05) is 17.6 Å². The Morgan fingerprint density at radius 1 is 1.88 bits per heavy atom. The molecule has 1 unspecified atom stereocenters. The topological polar surface area (TPSA) is 23.8 Å². The summed E-state index contributed by atoms with van der Waals surface area (Å²) >= 11 is 7.06. The zero-order valence-electron chi connectivity index (χ0n) is 4.10. The van der Waals surface area contributed by atoms with Crippen molar-refractivity contribution in [2.45, 2.75) is 10.6 Å². The number of allylic oxidation sites excluding steroid dienone is 1. The second kappa shape index (κ2) is 2.00. The molecule has 0 saturated heterocycles. The Bertz CT molecular complexity index is 150. The van der Waals surface area contributed by atoms with Gasteiger partial charge in [-0.15, -0.1) is 0 Å². The Hall–Kier alpha value is -0.130. The van der Waals surface area contributed by atoms with Crippen molar-refractivity contribution in [3.05, 3.63) is 11.5 Å². The van der Waals surface area contributed by atoms with E-state index in [1.54, 1.807) is 0 Å². The van der Waals surface area contributed by atoms with Gasteiger partial charge in [-0.3, -0.25) is 0 Å². The lowest BCUT2D eigenvalue weighted by Gasteiger charge is -2.05. The van der Waals surface area contributed by atoms with E-state index in [0.717, 1.165) is 0 Å². The quantitative estimate of drug-likeness (QED) is 0.488. The van der Waals surface area contributed by atoms with Crippen molar-refractivity contribution in [2.75, 3.05) is 0 Å². The summed E-state index contributed by atoms with van der Waals surface area (Å²) < 4.78 is -0.681. The summed E-state index contributed by atoms with van der Waals surface area (Å²) in [6.07, 6.45) is 2.57. The number of alkyl halides is 1. The summed E-state index contributed by atoms with van der Waals surface area (Å²) in [4.78, 5) is 0. The standard InChI is InChI=1S/C5H4ClNS/c6-5(4-7)2-1-3-8-5/h1,3H,2H2. The zero-order valence-corrected chi connectivity index (χ0v) is 5.67. The predicted molar refractivity (Wildman–Crippen MR) is 35.5 cm³/mol. The van der Waals surface area contributed by atoms with Gasteiger partial charge in [-0.1, -0.05) is 29.4 Å². The van der Waals surface area contributed by atoms with E-state index in [2.05, 4.69) is 0 Å². The first-order chi connectivity index (χ1) is 3.77. The minimum absolute atomic E-state index is 0.662. The van der Waals surface area contributed by atoms with Crippen molar-refractivity contribution in [3.63, 3.8) is 0 Å². The summed E-state index contributed by atoms with van der Waals surface area (Å²) in [6, 6.07) is 2.01. The second-order valence-corrected chi connectivity index (χ2v) is 3.61. The maximum Gasteiger partial charge on any atom is 0.183 e. The van der Waals surface area contributed by atoms with Gasteiger partial charge in [0, 0.05) is 6.42 Å². The van der Waals surface area contributed by atoms with Crippen LogP contribution in [0, 0.1) is 11.3 Å². The third-order valence-corrected chi connectivity index (χ3v) is 2.36. The van der Waals surface area contributed by atoms with Gasteiger partial charge in [0.2, 0.25) is 0 Å². The molecule has 0 fully saturated rings. The predicted octanol–water partition coefficient (Wildman–Crippen LogP) is 2.10. The first-order valence-electron chi connectivity index (χ1n) is 2.20. The fourth-order valence-corrected chi connectivity index (χ4v) is 1.37. The van der Waals surface area contributed by atoms with Gasteiger partial charge >= 0.3 is 0 Å². The molecular weight excluding hydrogens is 142 g/mol. The molecule has 0 amide bonds. The van der Waals surface area contributed by atoms with E-state index < -0.39 is 4.21 Å². The van der Waals surface area contributed by atoms with Crippen molar-refractivity contribution in [1.82, 2.24) is 0 Å². The van der Waals surface area contributed by atoms with Crippen molar-refractivity contribution < 1.29 is 0 Å². The molecule has 0 aromatic rings. The van der Waals surface area contributed by atoms with Gasteiger partial charge in [0.05, 0.1) is 6.07 Å². The van der Waals surface area contributed by atoms with Crippen molar-refractivity contribution >= 4 is 23.4 Å². The smallest absolute Gasteiger partial charge is 0.183 e. The van der Waals surface area contributed by atoms with Crippen LogP contribution in [0.2, 0.25) is 0 Å². The van der Waals surface area contributed by atoms with Crippen LogP contribution >= 0.6 is 23.4 Å². The SMILES string of the molecule is N#CC1(Cl)CC=CS1. The van der Waals surface area contributed by atoms with Crippen LogP contribution in [0.5, 0.6) is 0 Å². The number of halogens is 1. The third-order valence-electron chi connectivity index (χ3n) is 0.898. The maximum atomic E-state index is 8.38. The molecule has 0 saturated carbocycles. The summed E-state index contributed by atoms with van der Waals surface area (Å²) in [6.45, 7) is 0. The molecule has 1 heterocycles. The Morgan fingerprint density at radius 2 is 2.62 bits per heavy atom. The highest BCUT2D eigenvalue weighted by Gasteiger charge is 2.28. The van der Waals surface area contributed by atoms with Gasteiger partial charge in [0.15, 0.2) is 4.21 Å². The first-order valence-corrected chi connectivity index (χ1v) is 3.46. The van der Waals surface area contributed by atoms with Crippen LogP contribution in [-0.2, 0) is 0 Å². The lowest BCUT2D eigenvalue weighted by molar-refractivity contribution is 1.02. The Kier molecular flexibility index (Phi) is 1.50. The van der Waals surface area contributed by atoms with Crippen molar-refractivity contribution in [2.24, 2.45) is 0 Å². The van der Waals surface area contributed by atoms with Gasteiger partial charge in [0.1, 0.15) is 0 Å². The molecule has 0 aromatic heterocycles. The largest absolute Gasteiger partial charge is 0.195 e. The fraction of sp³-hybridized carbons (Fsp3) is 0.400. The fourth-order valence-electron chi connectivity index (χ4n) is 0.476. The van der Waals surface area contributed by atoms with Gasteiger partial charge < -0.3 is 0 Å². The number of nitriles is 1. The van der Waals surface area contributed by atoms with Crippen LogP contribution in [0.15, 0.2) is 11.5 Å². The summed E-state index contributed by atoms with van der Waals surface area (Å²) in [5.74, 6) is 0. The van der Waals surface area contributed by atoms with Crippen molar-refractivity contribution in [3.8, 4) is 6.07 Å². The molecule has 1 rings (SSSR count). The monoisotopic (exact) mass is 145 g/mol. The lowest BCUT2D eigenvalue weighted by atomic mass is 10.3. The number of hydrogen-bond acceptors (Lipinski definition) is 2. The second-order valence-electron chi connectivity index (χ2n) is 1.53. The molecule has 1 atom stereocenters. The average Bonchev–Trinajstić information content (AvgIpc) is 2.17. The first kappa shape index (κ1) is 6.00. The lowest BCUT2D eigenvalue weighted by Crippen LogP contribution is -2.06. The summed E-state index contributed by atoms with van der Waals surface area (Å²) in [5, 5.41) is 10.2. The van der Waals surface area contributed by atoms with Crippen LogP contribution in [0.25, 0.3) is 0 Å². The molecule has 0 aliphatic carbocycles. The van der Waals surface area contributed by atoms with Gasteiger partial charge in [-0.2, -0.15) is 5.26 Å². The van der Waals surface area contributed by atoms with E-state index in [9.17, 15) is 0 Å². The minimum Gasteiger partial charge on any atom is -0.195 e. The van der Waals surface area contributed by atoms with Gasteiger partial charge in [-0.05, 0) is 5.41 Å². The van der Waals surface area contributed by atoms with E-state index in [0.29, 0.717) is 6.42 Å². The molecule has 3 heteroatoms. The number of nitrogens with zero attached hydrogens (tertiary/aromatic N) is 1. The number of hydrogen-bond donors (Lipinski definition) is 0. The minimum atomic E-state index is -0.681. The molecule has 0 bridgehead atoms. The van der Waals surface area contributed by atoms with Crippen molar-refractivity contribution in [1.29, 1.82) is 5.26 Å². The zero-order chi connectivity index (χ0) is 6.04. The third kappa shape index (κ3) is 0.988. The van der Waals surface area contributed by atoms with Gasteiger partial charge in [-0.25, -0.2) is 0 Å². The molecule has 1 aliphatic rings. The number of rotatable bonds is 0. The highest BCUT2D eigenvalue weighted by molar-refractivity contribution is 8.05. The molecule has 0 aromatic carbocycles. The molecule has 0 N–H and O–H groups in total. The molecule has 1 aliphatic heterocycles. The Balaban J connectivity index is 2.63. The highest BCUT2D eigenvalue weighted by Crippen LogP contribution is 2.39. The highest BCUT2D eigenvalue weighted by atomic mass is 35.5. The molecule has 1 nitrogen and oxygen atoms in total. The Morgan fingerprint density at radius 3 is 2.88 bits per heavy atom. The molecular formula is C5H4ClNS. The molecule has 42 valence electrons. The van der Waals surface area contributed by atoms with E-state index in [1.165, 1.54) is 11.8 Å². The van der Waals surface area contributed by atoms with Crippen LogP contribution < -0.4 is 0 Å². The van der Waals surface area contributed by atoms with Crippen LogP contribution in [0.1, 0.15) is 6.42 Å². The van der Waals surface area contributed by atoms with Gasteiger partial charge in [0.25, 0.3) is 0 Å². The number of thioether (sulfide) groups is 1. The van der Waals surface area contributed by atoms with Crippen LogP contribution in [0.4, 0.5) is 0 Å². The van der Waals surface area contributed by atoms with E-state index in [4.69, 9.17) is 16.9 Å². The Labute approximate surface area is 57.3 Å². The van der Waals surface area contributed by atoms with E-state index >= 15 is 0 Å². The molecule has 8 heavy (non-hydrogen) atoms. The molecule has 0 radical (unpaired) electrons. The normalized spacial score (nSPS) is 35.0. The average molecular weight is 146 g/mol. The molecule has 0 spiro atoms. The summed E-state index contributed by atoms with van der Waals surface area (Å²) in [7, 11) is 0. The van der Waals surface area contributed by atoms with E-state index in [-0.39, 0.29) is 0 Å². The van der Waals surface area contributed by atoms with Crippen LogP contribution in [0.3, 0.4) is 0 Å².